The minimum absolute atomic E-state index is 0.0313. The first-order valence-electron chi connectivity index (χ1n) is 8.71. The maximum absolute atomic E-state index is 12.4. The molecular formula is C21H22N4O2. The number of nitrogens with one attached hydrogen (secondary N) is 2. The van der Waals surface area contributed by atoms with Crippen LogP contribution < -0.4 is 15.4 Å². The van der Waals surface area contributed by atoms with Crippen molar-refractivity contribution < 1.29 is 9.53 Å². The van der Waals surface area contributed by atoms with Gasteiger partial charge < -0.3 is 15.4 Å². The predicted molar refractivity (Wildman–Crippen MR) is 105 cm³/mol. The van der Waals surface area contributed by atoms with E-state index in [4.69, 9.17) is 4.74 Å². The van der Waals surface area contributed by atoms with Gasteiger partial charge in [-0.2, -0.15) is 0 Å². The Balaban J connectivity index is 1.61. The lowest BCUT2D eigenvalue weighted by atomic mass is 10.1. The average molecular weight is 362 g/mol. The van der Waals surface area contributed by atoms with Crippen LogP contribution in [0.4, 0.5) is 5.95 Å². The molecule has 0 aliphatic heterocycles. The standard InChI is InChI=1S/C21H22N4O2/c1-15(17-6-4-3-5-7-17)24-21-22-13-12-19(25-21)20(26)23-14-16-8-10-18(27-2)11-9-16/h3-13,15H,14H2,1-2H3,(H,23,26)(H,22,24,25). The zero-order valence-corrected chi connectivity index (χ0v) is 15.3. The van der Waals surface area contributed by atoms with Crippen LogP contribution in [-0.4, -0.2) is 23.0 Å². The van der Waals surface area contributed by atoms with Crippen molar-refractivity contribution in [2.75, 3.05) is 12.4 Å². The van der Waals surface area contributed by atoms with Crippen LogP contribution in [0.15, 0.2) is 66.9 Å². The fourth-order valence-electron chi connectivity index (χ4n) is 2.59. The third kappa shape index (κ3) is 5.04. The van der Waals surface area contributed by atoms with E-state index in [0.29, 0.717) is 18.2 Å². The second-order valence-corrected chi connectivity index (χ2v) is 6.07. The summed E-state index contributed by atoms with van der Waals surface area (Å²) in [5.74, 6) is 0.955. The predicted octanol–water partition coefficient (Wildman–Crippen LogP) is 3.59. The number of hydrogen-bond acceptors (Lipinski definition) is 5. The topological polar surface area (TPSA) is 76.1 Å². The Hall–Kier alpha value is -3.41. The number of aromatic nitrogens is 2. The fraction of sp³-hybridized carbons (Fsp3) is 0.190. The van der Waals surface area contributed by atoms with E-state index in [1.165, 1.54) is 0 Å². The molecule has 1 atom stereocenters. The Bertz CT molecular complexity index is 882. The van der Waals surface area contributed by atoms with Crippen molar-refractivity contribution in [3.63, 3.8) is 0 Å². The quantitative estimate of drug-likeness (QED) is 0.672. The molecule has 0 spiro atoms. The average Bonchev–Trinajstić information content (AvgIpc) is 2.73. The molecule has 0 radical (unpaired) electrons. The Morgan fingerprint density at radius 2 is 1.81 bits per heavy atom. The zero-order chi connectivity index (χ0) is 19.1. The van der Waals surface area contributed by atoms with E-state index in [0.717, 1.165) is 16.9 Å². The highest BCUT2D eigenvalue weighted by Crippen LogP contribution is 2.16. The normalized spacial score (nSPS) is 11.5. The number of amides is 1. The molecule has 6 heteroatoms. The van der Waals surface area contributed by atoms with Crippen molar-refractivity contribution in [1.82, 2.24) is 15.3 Å². The van der Waals surface area contributed by atoms with Crippen molar-refractivity contribution in [2.45, 2.75) is 19.5 Å². The monoisotopic (exact) mass is 362 g/mol. The summed E-state index contributed by atoms with van der Waals surface area (Å²) < 4.78 is 5.13. The van der Waals surface area contributed by atoms with Crippen LogP contribution in [0, 0.1) is 0 Å². The zero-order valence-electron chi connectivity index (χ0n) is 15.3. The molecule has 0 aliphatic rings. The highest BCUT2D eigenvalue weighted by molar-refractivity contribution is 5.92. The van der Waals surface area contributed by atoms with Gasteiger partial charge in [-0.15, -0.1) is 0 Å². The van der Waals surface area contributed by atoms with Crippen LogP contribution in [0.3, 0.4) is 0 Å². The molecule has 3 aromatic rings. The van der Waals surface area contributed by atoms with E-state index in [2.05, 4.69) is 20.6 Å². The van der Waals surface area contributed by atoms with Gasteiger partial charge in [0.1, 0.15) is 11.4 Å². The number of ether oxygens (including phenoxy) is 1. The van der Waals surface area contributed by atoms with Gasteiger partial charge in [-0.3, -0.25) is 4.79 Å². The van der Waals surface area contributed by atoms with E-state index >= 15 is 0 Å². The fourth-order valence-corrected chi connectivity index (χ4v) is 2.59. The largest absolute Gasteiger partial charge is 0.497 e. The minimum atomic E-state index is -0.247. The number of carbonyl (C=O) groups is 1. The lowest BCUT2D eigenvalue weighted by Gasteiger charge is -2.14. The van der Waals surface area contributed by atoms with Crippen molar-refractivity contribution in [1.29, 1.82) is 0 Å². The summed E-state index contributed by atoms with van der Waals surface area (Å²) in [6.45, 7) is 2.44. The molecule has 0 bridgehead atoms. The summed E-state index contributed by atoms with van der Waals surface area (Å²) in [6.07, 6.45) is 1.58. The molecule has 0 saturated carbocycles. The molecule has 27 heavy (non-hydrogen) atoms. The molecule has 1 aromatic heterocycles. The lowest BCUT2D eigenvalue weighted by molar-refractivity contribution is 0.0946. The summed E-state index contributed by atoms with van der Waals surface area (Å²) in [7, 11) is 1.62. The molecule has 1 heterocycles. The van der Waals surface area contributed by atoms with Crippen LogP contribution in [0.1, 0.15) is 34.6 Å². The van der Waals surface area contributed by atoms with Gasteiger partial charge in [0.15, 0.2) is 0 Å². The highest BCUT2D eigenvalue weighted by Gasteiger charge is 2.11. The molecular weight excluding hydrogens is 340 g/mol. The minimum Gasteiger partial charge on any atom is -0.497 e. The van der Waals surface area contributed by atoms with Crippen molar-refractivity contribution in [2.24, 2.45) is 0 Å². The number of anilines is 1. The van der Waals surface area contributed by atoms with Crippen LogP contribution in [0.5, 0.6) is 5.75 Å². The molecule has 1 amide bonds. The maximum atomic E-state index is 12.4. The molecule has 6 nitrogen and oxygen atoms in total. The number of nitrogens with zero attached hydrogens (tertiary/aromatic N) is 2. The second kappa shape index (κ2) is 8.80. The molecule has 2 aromatic carbocycles. The van der Waals surface area contributed by atoms with Gasteiger partial charge >= 0.3 is 0 Å². The lowest BCUT2D eigenvalue weighted by Crippen LogP contribution is -2.24. The van der Waals surface area contributed by atoms with Gasteiger partial charge in [-0.05, 0) is 36.2 Å². The molecule has 0 aliphatic carbocycles. The third-order valence-corrected chi connectivity index (χ3v) is 4.15. The van der Waals surface area contributed by atoms with E-state index in [1.807, 2.05) is 61.5 Å². The van der Waals surface area contributed by atoms with Gasteiger partial charge in [-0.25, -0.2) is 9.97 Å². The summed E-state index contributed by atoms with van der Waals surface area (Å²) in [6, 6.07) is 19.2. The smallest absolute Gasteiger partial charge is 0.270 e. The Labute approximate surface area is 158 Å². The van der Waals surface area contributed by atoms with E-state index in [9.17, 15) is 4.79 Å². The molecule has 1 unspecified atom stereocenters. The van der Waals surface area contributed by atoms with Gasteiger partial charge in [-0.1, -0.05) is 42.5 Å². The summed E-state index contributed by atoms with van der Waals surface area (Å²) in [5.41, 5.74) is 2.42. The van der Waals surface area contributed by atoms with Crippen molar-refractivity contribution >= 4 is 11.9 Å². The third-order valence-electron chi connectivity index (χ3n) is 4.15. The van der Waals surface area contributed by atoms with Gasteiger partial charge in [0.2, 0.25) is 5.95 Å². The first kappa shape index (κ1) is 18.4. The molecule has 2 N–H and O–H groups in total. The molecule has 0 fully saturated rings. The SMILES string of the molecule is COc1ccc(CNC(=O)c2ccnc(NC(C)c3ccccc3)n2)cc1. The van der Waals surface area contributed by atoms with E-state index in [-0.39, 0.29) is 11.9 Å². The number of benzene rings is 2. The van der Waals surface area contributed by atoms with Gasteiger partial charge in [0.25, 0.3) is 5.91 Å². The van der Waals surface area contributed by atoms with Crippen LogP contribution in [-0.2, 0) is 6.54 Å². The summed E-state index contributed by atoms with van der Waals surface area (Å²) >= 11 is 0. The molecule has 138 valence electrons. The first-order valence-corrected chi connectivity index (χ1v) is 8.71. The van der Waals surface area contributed by atoms with Crippen molar-refractivity contribution in [3.05, 3.63) is 83.7 Å². The highest BCUT2D eigenvalue weighted by atomic mass is 16.5. The maximum Gasteiger partial charge on any atom is 0.270 e. The Morgan fingerprint density at radius 3 is 2.52 bits per heavy atom. The Morgan fingerprint density at radius 1 is 1.07 bits per heavy atom. The van der Waals surface area contributed by atoms with Crippen LogP contribution in [0.25, 0.3) is 0 Å². The number of methoxy groups -OCH3 is 1. The van der Waals surface area contributed by atoms with Crippen molar-refractivity contribution in [3.8, 4) is 5.75 Å². The Kier molecular flexibility index (Phi) is 5.99. The number of carbonyl (C=O) groups excluding carboxylic acids is 1. The molecule has 3 rings (SSSR count). The summed E-state index contributed by atoms with van der Waals surface area (Å²) in [5, 5.41) is 6.09. The van der Waals surface area contributed by atoms with E-state index in [1.54, 1.807) is 19.4 Å². The summed E-state index contributed by atoms with van der Waals surface area (Å²) in [4.78, 5) is 20.9. The van der Waals surface area contributed by atoms with E-state index < -0.39 is 0 Å². The van der Waals surface area contributed by atoms with Crippen LogP contribution >= 0.6 is 0 Å². The van der Waals surface area contributed by atoms with Gasteiger partial charge in [0.05, 0.1) is 13.2 Å². The first-order chi connectivity index (χ1) is 13.2. The van der Waals surface area contributed by atoms with Crippen LogP contribution in [0.2, 0.25) is 0 Å². The van der Waals surface area contributed by atoms with Gasteiger partial charge in [0, 0.05) is 12.7 Å². The number of rotatable bonds is 7. The molecule has 0 saturated heterocycles. The number of hydrogen-bond donors (Lipinski definition) is 2. The second-order valence-electron chi connectivity index (χ2n) is 6.07.